The third-order valence-corrected chi connectivity index (χ3v) is 3.09. The SMILES string of the molecule is COC(=O)[C@@H](NC(=O)c1ccc2nc[nH]c2c1)C(C)C. The first-order chi connectivity index (χ1) is 9.52. The normalized spacial score (nSPS) is 12.4. The summed E-state index contributed by atoms with van der Waals surface area (Å²) in [6.45, 7) is 3.69. The maximum absolute atomic E-state index is 12.2. The first kappa shape index (κ1) is 14.0. The van der Waals surface area contributed by atoms with Crippen molar-refractivity contribution < 1.29 is 14.3 Å². The smallest absolute Gasteiger partial charge is 0.328 e. The Bertz CT molecular complexity index is 633. The van der Waals surface area contributed by atoms with Crippen LogP contribution in [0.4, 0.5) is 0 Å². The van der Waals surface area contributed by atoms with Crippen molar-refractivity contribution in [3.63, 3.8) is 0 Å². The van der Waals surface area contributed by atoms with Gasteiger partial charge in [-0.3, -0.25) is 4.79 Å². The molecule has 20 heavy (non-hydrogen) atoms. The second-order valence-electron chi connectivity index (χ2n) is 4.85. The van der Waals surface area contributed by atoms with Gasteiger partial charge >= 0.3 is 5.97 Å². The molecule has 6 nitrogen and oxygen atoms in total. The van der Waals surface area contributed by atoms with Crippen molar-refractivity contribution >= 4 is 22.9 Å². The van der Waals surface area contributed by atoms with Crippen molar-refractivity contribution in [3.8, 4) is 0 Å². The highest BCUT2D eigenvalue weighted by atomic mass is 16.5. The van der Waals surface area contributed by atoms with Crippen molar-refractivity contribution in [1.29, 1.82) is 0 Å². The van der Waals surface area contributed by atoms with Crippen LogP contribution in [0.25, 0.3) is 11.0 Å². The number of aromatic nitrogens is 2. The number of H-pyrrole nitrogens is 1. The summed E-state index contributed by atoms with van der Waals surface area (Å²) in [6, 6.07) is 4.47. The van der Waals surface area contributed by atoms with Gasteiger partial charge in [-0.2, -0.15) is 0 Å². The Hall–Kier alpha value is -2.37. The van der Waals surface area contributed by atoms with Gasteiger partial charge in [-0.1, -0.05) is 13.8 Å². The molecule has 0 aliphatic carbocycles. The van der Waals surface area contributed by atoms with Crippen LogP contribution < -0.4 is 5.32 Å². The highest BCUT2D eigenvalue weighted by molar-refractivity contribution is 5.99. The van der Waals surface area contributed by atoms with Gasteiger partial charge in [-0.25, -0.2) is 9.78 Å². The van der Waals surface area contributed by atoms with E-state index in [0.717, 1.165) is 11.0 Å². The summed E-state index contributed by atoms with van der Waals surface area (Å²) >= 11 is 0. The summed E-state index contributed by atoms with van der Waals surface area (Å²) in [5.74, 6) is -0.816. The Labute approximate surface area is 116 Å². The number of nitrogens with one attached hydrogen (secondary N) is 2. The first-order valence-corrected chi connectivity index (χ1v) is 6.34. The van der Waals surface area contributed by atoms with E-state index in [1.165, 1.54) is 7.11 Å². The molecule has 6 heteroatoms. The van der Waals surface area contributed by atoms with Crippen LogP contribution in [0.5, 0.6) is 0 Å². The second kappa shape index (κ2) is 5.73. The molecule has 0 saturated heterocycles. The molecule has 0 aliphatic heterocycles. The summed E-state index contributed by atoms with van der Waals surface area (Å²) in [6.07, 6.45) is 1.57. The van der Waals surface area contributed by atoms with E-state index in [4.69, 9.17) is 4.74 Å². The number of nitrogens with zero attached hydrogens (tertiary/aromatic N) is 1. The number of imidazole rings is 1. The molecular formula is C14H17N3O3. The molecule has 1 amide bonds. The minimum atomic E-state index is -0.662. The minimum Gasteiger partial charge on any atom is -0.467 e. The molecule has 2 aromatic rings. The fourth-order valence-electron chi connectivity index (χ4n) is 1.93. The molecule has 2 N–H and O–H groups in total. The van der Waals surface area contributed by atoms with Crippen LogP contribution >= 0.6 is 0 Å². The predicted molar refractivity (Wildman–Crippen MR) is 74.2 cm³/mol. The van der Waals surface area contributed by atoms with E-state index >= 15 is 0 Å². The van der Waals surface area contributed by atoms with E-state index in [1.54, 1.807) is 24.5 Å². The zero-order valence-electron chi connectivity index (χ0n) is 11.6. The lowest BCUT2D eigenvalue weighted by Gasteiger charge is -2.19. The fraction of sp³-hybridized carbons (Fsp3) is 0.357. The molecule has 1 heterocycles. The van der Waals surface area contributed by atoms with Gasteiger partial charge in [0.2, 0.25) is 0 Å². The van der Waals surface area contributed by atoms with E-state index in [9.17, 15) is 9.59 Å². The average molecular weight is 275 g/mol. The van der Waals surface area contributed by atoms with Gasteiger partial charge in [0.1, 0.15) is 6.04 Å². The van der Waals surface area contributed by atoms with Crippen molar-refractivity contribution in [2.24, 2.45) is 5.92 Å². The van der Waals surface area contributed by atoms with Crippen LogP contribution in [0.3, 0.4) is 0 Å². The van der Waals surface area contributed by atoms with Crippen molar-refractivity contribution in [2.45, 2.75) is 19.9 Å². The van der Waals surface area contributed by atoms with E-state index in [-0.39, 0.29) is 11.8 Å². The Kier molecular flexibility index (Phi) is 4.02. The molecule has 0 aliphatic rings. The van der Waals surface area contributed by atoms with Crippen LogP contribution in [0.1, 0.15) is 24.2 Å². The van der Waals surface area contributed by atoms with Gasteiger partial charge in [0.05, 0.1) is 24.5 Å². The minimum absolute atomic E-state index is 0.0534. The number of rotatable bonds is 4. The molecule has 2 rings (SSSR count). The molecule has 0 spiro atoms. The lowest BCUT2D eigenvalue weighted by Crippen LogP contribution is -2.45. The first-order valence-electron chi connectivity index (χ1n) is 6.34. The summed E-state index contributed by atoms with van der Waals surface area (Å²) < 4.78 is 4.70. The Morgan fingerprint density at radius 2 is 2.10 bits per heavy atom. The lowest BCUT2D eigenvalue weighted by atomic mass is 10.0. The van der Waals surface area contributed by atoms with Crippen molar-refractivity contribution in [3.05, 3.63) is 30.1 Å². The van der Waals surface area contributed by atoms with Gasteiger partial charge in [0, 0.05) is 5.56 Å². The molecule has 1 atom stereocenters. The number of fused-ring (bicyclic) bond motifs is 1. The number of esters is 1. The highest BCUT2D eigenvalue weighted by Crippen LogP contribution is 2.12. The lowest BCUT2D eigenvalue weighted by molar-refractivity contribution is -0.144. The van der Waals surface area contributed by atoms with E-state index in [2.05, 4.69) is 15.3 Å². The quantitative estimate of drug-likeness (QED) is 0.828. The summed E-state index contributed by atoms with van der Waals surface area (Å²) in [4.78, 5) is 30.9. The maximum atomic E-state index is 12.2. The van der Waals surface area contributed by atoms with Gasteiger partial charge in [-0.15, -0.1) is 0 Å². The number of aromatic amines is 1. The third kappa shape index (κ3) is 2.79. The molecular weight excluding hydrogens is 258 g/mol. The van der Waals surface area contributed by atoms with E-state index in [1.807, 2.05) is 13.8 Å². The molecule has 106 valence electrons. The highest BCUT2D eigenvalue weighted by Gasteiger charge is 2.25. The van der Waals surface area contributed by atoms with E-state index < -0.39 is 12.0 Å². The fourth-order valence-corrected chi connectivity index (χ4v) is 1.93. The monoisotopic (exact) mass is 275 g/mol. The number of methoxy groups -OCH3 is 1. The zero-order chi connectivity index (χ0) is 14.7. The number of amides is 1. The summed E-state index contributed by atoms with van der Waals surface area (Å²) in [5.41, 5.74) is 2.03. The number of benzene rings is 1. The third-order valence-electron chi connectivity index (χ3n) is 3.09. The van der Waals surface area contributed by atoms with Gasteiger partial charge < -0.3 is 15.0 Å². The Morgan fingerprint density at radius 3 is 2.75 bits per heavy atom. The van der Waals surface area contributed by atoms with Crippen LogP contribution in [0.2, 0.25) is 0 Å². The van der Waals surface area contributed by atoms with Crippen LogP contribution in [-0.2, 0) is 9.53 Å². The molecule has 0 unspecified atom stereocenters. The molecule has 0 fully saturated rings. The predicted octanol–water partition coefficient (Wildman–Crippen LogP) is 1.49. The van der Waals surface area contributed by atoms with Gasteiger partial charge in [0.15, 0.2) is 0 Å². The summed E-state index contributed by atoms with van der Waals surface area (Å²) in [7, 11) is 1.31. The van der Waals surface area contributed by atoms with Crippen LogP contribution in [0.15, 0.2) is 24.5 Å². The molecule has 0 saturated carbocycles. The summed E-state index contributed by atoms with van der Waals surface area (Å²) in [5, 5.41) is 2.69. The van der Waals surface area contributed by atoms with E-state index in [0.29, 0.717) is 5.56 Å². The standard InChI is InChI=1S/C14H17N3O3/c1-8(2)12(14(19)20-3)17-13(18)9-4-5-10-11(6-9)16-7-15-10/h4-8,12H,1-3H3,(H,15,16)(H,17,18)/t12-/m0/s1. The van der Waals surface area contributed by atoms with Gasteiger partial charge in [-0.05, 0) is 24.1 Å². The Balaban J connectivity index is 2.19. The molecule has 1 aromatic heterocycles. The number of hydrogen-bond acceptors (Lipinski definition) is 4. The second-order valence-corrected chi connectivity index (χ2v) is 4.85. The zero-order valence-corrected chi connectivity index (χ0v) is 11.6. The average Bonchev–Trinajstić information content (AvgIpc) is 2.90. The number of ether oxygens (including phenoxy) is 1. The Morgan fingerprint density at radius 1 is 1.35 bits per heavy atom. The van der Waals surface area contributed by atoms with Crippen molar-refractivity contribution in [1.82, 2.24) is 15.3 Å². The molecule has 0 radical (unpaired) electrons. The van der Waals surface area contributed by atoms with Crippen LogP contribution in [-0.4, -0.2) is 35.0 Å². The largest absolute Gasteiger partial charge is 0.467 e. The number of hydrogen-bond donors (Lipinski definition) is 2. The topological polar surface area (TPSA) is 84.1 Å². The van der Waals surface area contributed by atoms with Gasteiger partial charge in [0.25, 0.3) is 5.91 Å². The number of carbonyl (C=O) groups excluding carboxylic acids is 2. The van der Waals surface area contributed by atoms with Crippen LogP contribution in [0, 0.1) is 5.92 Å². The number of carbonyl (C=O) groups is 2. The van der Waals surface area contributed by atoms with Crippen molar-refractivity contribution in [2.75, 3.05) is 7.11 Å². The molecule has 1 aromatic carbocycles. The maximum Gasteiger partial charge on any atom is 0.328 e. The molecule has 0 bridgehead atoms.